The van der Waals surface area contributed by atoms with E-state index in [0.717, 1.165) is 6.07 Å². The Bertz CT molecular complexity index is 515. The molecule has 3 N–H and O–H groups in total. The predicted molar refractivity (Wildman–Crippen MR) is 69.4 cm³/mol. The zero-order valence-corrected chi connectivity index (χ0v) is 11.1. The number of rotatable bonds is 3. The van der Waals surface area contributed by atoms with Crippen LogP contribution in [0.4, 0.5) is 8.78 Å². The van der Waals surface area contributed by atoms with Crippen LogP contribution in [-0.4, -0.2) is 16.4 Å². The van der Waals surface area contributed by atoms with E-state index >= 15 is 0 Å². The largest absolute Gasteiger partial charge is 0.391 e. The molecule has 0 aliphatic heterocycles. The fraction of sp³-hybridized carbons (Fsp3) is 0.333. The summed E-state index contributed by atoms with van der Waals surface area (Å²) in [4.78, 5) is 11.9. The smallest absolute Gasteiger partial charge is 0.255 e. The molecular formula is C12H14F2N2OS. The zero-order valence-electron chi connectivity index (χ0n) is 10.3. The Hall–Kier alpha value is -1.56. The van der Waals surface area contributed by atoms with Gasteiger partial charge in [-0.05, 0) is 32.4 Å². The lowest BCUT2D eigenvalue weighted by Crippen LogP contribution is -2.52. The average Bonchev–Trinajstić information content (AvgIpc) is 2.22. The summed E-state index contributed by atoms with van der Waals surface area (Å²) in [5.74, 6) is -2.31. The van der Waals surface area contributed by atoms with Crippen LogP contribution in [-0.2, 0) is 0 Å². The maximum Gasteiger partial charge on any atom is 0.255 e. The van der Waals surface area contributed by atoms with Gasteiger partial charge in [-0.1, -0.05) is 12.2 Å². The highest BCUT2D eigenvalue weighted by Crippen LogP contribution is 2.15. The molecule has 0 saturated heterocycles. The van der Waals surface area contributed by atoms with Gasteiger partial charge < -0.3 is 11.1 Å². The van der Waals surface area contributed by atoms with Gasteiger partial charge in [-0.15, -0.1) is 0 Å². The quantitative estimate of drug-likeness (QED) is 0.828. The van der Waals surface area contributed by atoms with Gasteiger partial charge in [-0.25, -0.2) is 8.78 Å². The van der Waals surface area contributed by atoms with Crippen molar-refractivity contribution in [3.05, 3.63) is 34.9 Å². The lowest BCUT2D eigenvalue weighted by molar-refractivity contribution is 0.0928. The summed E-state index contributed by atoms with van der Waals surface area (Å²) >= 11 is 4.79. The molecule has 0 heterocycles. The van der Waals surface area contributed by atoms with Crippen molar-refractivity contribution >= 4 is 23.1 Å². The van der Waals surface area contributed by atoms with E-state index in [1.807, 2.05) is 0 Å². The van der Waals surface area contributed by atoms with Crippen molar-refractivity contribution in [2.24, 2.45) is 5.73 Å². The Morgan fingerprint density at radius 2 is 1.89 bits per heavy atom. The number of amides is 1. The number of thiocarbonyl (C=S) groups is 1. The van der Waals surface area contributed by atoms with Crippen LogP contribution in [0.25, 0.3) is 0 Å². The van der Waals surface area contributed by atoms with Crippen LogP contribution >= 0.6 is 12.2 Å². The van der Waals surface area contributed by atoms with Crippen LogP contribution in [0.15, 0.2) is 12.1 Å². The SMILES string of the molecule is Cc1cc(C(=O)NC(C)(C)C(N)=S)c(F)cc1F. The highest BCUT2D eigenvalue weighted by molar-refractivity contribution is 7.80. The van der Waals surface area contributed by atoms with E-state index in [2.05, 4.69) is 5.32 Å². The van der Waals surface area contributed by atoms with Crippen molar-refractivity contribution in [3.63, 3.8) is 0 Å². The molecular weight excluding hydrogens is 258 g/mol. The molecule has 0 unspecified atom stereocenters. The third kappa shape index (κ3) is 3.01. The van der Waals surface area contributed by atoms with Crippen LogP contribution in [0.5, 0.6) is 0 Å². The van der Waals surface area contributed by atoms with Crippen molar-refractivity contribution in [1.82, 2.24) is 5.32 Å². The standard InChI is InChI=1S/C12H14F2N2OS/c1-6-4-7(9(14)5-8(6)13)10(17)16-12(2,3)11(15)18/h4-5H,1-3H3,(H2,15,18)(H,16,17). The van der Waals surface area contributed by atoms with Crippen LogP contribution in [0.3, 0.4) is 0 Å². The number of hydrogen-bond donors (Lipinski definition) is 2. The molecule has 18 heavy (non-hydrogen) atoms. The lowest BCUT2D eigenvalue weighted by Gasteiger charge is -2.24. The molecule has 0 atom stereocenters. The lowest BCUT2D eigenvalue weighted by atomic mass is 10.0. The third-order valence-corrected chi connectivity index (χ3v) is 3.05. The van der Waals surface area contributed by atoms with E-state index in [1.54, 1.807) is 13.8 Å². The number of hydrogen-bond acceptors (Lipinski definition) is 2. The first-order valence-corrected chi connectivity index (χ1v) is 5.64. The minimum atomic E-state index is -0.943. The van der Waals surface area contributed by atoms with Crippen LogP contribution in [0.2, 0.25) is 0 Å². The van der Waals surface area contributed by atoms with Gasteiger partial charge in [-0.3, -0.25) is 4.79 Å². The molecule has 1 rings (SSSR count). The summed E-state index contributed by atoms with van der Waals surface area (Å²) < 4.78 is 26.6. The molecule has 0 bridgehead atoms. The number of nitrogens with one attached hydrogen (secondary N) is 1. The summed E-state index contributed by atoms with van der Waals surface area (Å²) in [6.45, 7) is 4.65. The van der Waals surface area contributed by atoms with Gasteiger partial charge in [0.15, 0.2) is 0 Å². The van der Waals surface area contributed by atoms with Crippen molar-refractivity contribution in [2.45, 2.75) is 26.3 Å². The Morgan fingerprint density at radius 3 is 2.39 bits per heavy atom. The van der Waals surface area contributed by atoms with Crippen molar-refractivity contribution < 1.29 is 13.6 Å². The van der Waals surface area contributed by atoms with Gasteiger partial charge in [0.2, 0.25) is 0 Å². The summed E-state index contributed by atoms with van der Waals surface area (Å²) in [6.07, 6.45) is 0. The normalized spacial score (nSPS) is 11.2. The number of carbonyl (C=O) groups excluding carboxylic acids is 1. The van der Waals surface area contributed by atoms with Crippen LogP contribution in [0, 0.1) is 18.6 Å². The molecule has 0 spiro atoms. The molecule has 0 aromatic heterocycles. The first-order valence-electron chi connectivity index (χ1n) is 5.23. The second-order valence-corrected chi connectivity index (χ2v) is 4.96. The number of aryl methyl sites for hydroxylation is 1. The maximum atomic E-state index is 13.5. The van der Waals surface area contributed by atoms with E-state index in [9.17, 15) is 13.6 Å². The van der Waals surface area contributed by atoms with E-state index in [0.29, 0.717) is 6.07 Å². The molecule has 1 amide bonds. The van der Waals surface area contributed by atoms with Crippen molar-refractivity contribution in [1.29, 1.82) is 0 Å². The Kier molecular flexibility index (Phi) is 4.01. The second-order valence-electron chi connectivity index (χ2n) is 4.52. The molecule has 0 aliphatic carbocycles. The summed E-state index contributed by atoms with van der Waals surface area (Å²) in [6, 6.07) is 1.83. The highest BCUT2D eigenvalue weighted by Gasteiger charge is 2.25. The monoisotopic (exact) mass is 272 g/mol. The molecule has 0 saturated carbocycles. The Labute approximate surface area is 109 Å². The van der Waals surface area contributed by atoms with E-state index in [1.165, 1.54) is 6.92 Å². The van der Waals surface area contributed by atoms with Gasteiger partial charge in [0.25, 0.3) is 5.91 Å². The predicted octanol–water partition coefficient (Wildman–Crippen LogP) is 2.07. The summed E-state index contributed by atoms with van der Waals surface area (Å²) in [7, 11) is 0. The third-order valence-electron chi connectivity index (χ3n) is 2.53. The fourth-order valence-electron chi connectivity index (χ4n) is 1.24. The topological polar surface area (TPSA) is 55.1 Å². The highest BCUT2D eigenvalue weighted by atomic mass is 32.1. The molecule has 6 heteroatoms. The van der Waals surface area contributed by atoms with Gasteiger partial charge in [0, 0.05) is 6.07 Å². The minimum absolute atomic E-state index is 0.0788. The first kappa shape index (κ1) is 14.5. The Morgan fingerprint density at radius 1 is 1.33 bits per heavy atom. The zero-order chi connectivity index (χ0) is 14.1. The van der Waals surface area contributed by atoms with Crippen molar-refractivity contribution in [3.8, 4) is 0 Å². The van der Waals surface area contributed by atoms with E-state index in [-0.39, 0.29) is 16.1 Å². The molecule has 1 aromatic rings. The number of benzene rings is 1. The second kappa shape index (κ2) is 4.97. The van der Waals surface area contributed by atoms with Crippen LogP contribution < -0.4 is 11.1 Å². The van der Waals surface area contributed by atoms with Gasteiger partial charge in [0.1, 0.15) is 11.6 Å². The van der Waals surface area contributed by atoms with Gasteiger partial charge in [0.05, 0.1) is 16.1 Å². The molecule has 98 valence electrons. The summed E-state index contributed by atoms with van der Waals surface area (Å²) in [5.41, 5.74) is 4.46. The Balaban J connectivity index is 3.06. The molecule has 1 aromatic carbocycles. The van der Waals surface area contributed by atoms with E-state index < -0.39 is 23.1 Å². The average molecular weight is 272 g/mol. The number of carbonyl (C=O) groups is 1. The molecule has 3 nitrogen and oxygen atoms in total. The maximum absolute atomic E-state index is 13.5. The first-order chi connectivity index (χ1) is 8.15. The van der Waals surface area contributed by atoms with E-state index in [4.69, 9.17) is 18.0 Å². The van der Waals surface area contributed by atoms with Crippen LogP contribution in [0.1, 0.15) is 29.8 Å². The summed E-state index contributed by atoms with van der Waals surface area (Å²) in [5, 5.41) is 2.49. The molecule has 0 radical (unpaired) electrons. The number of nitrogens with two attached hydrogens (primary N) is 1. The number of halogens is 2. The minimum Gasteiger partial charge on any atom is -0.391 e. The van der Waals surface area contributed by atoms with Crippen molar-refractivity contribution in [2.75, 3.05) is 0 Å². The van der Waals surface area contributed by atoms with Gasteiger partial charge in [-0.2, -0.15) is 0 Å². The fourth-order valence-corrected chi connectivity index (χ4v) is 1.30. The van der Waals surface area contributed by atoms with Gasteiger partial charge >= 0.3 is 0 Å². The molecule has 0 aliphatic rings. The molecule has 0 fully saturated rings.